The zero-order valence-electron chi connectivity index (χ0n) is 5.70. The number of rotatable bonds is 4. The minimum atomic E-state index is -0.968. The molecular formula is C6H10O3S. The van der Waals surface area contributed by atoms with Crippen LogP contribution in [0.15, 0.2) is 0 Å². The zero-order valence-corrected chi connectivity index (χ0v) is 6.60. The van der Waals surface area contributed by atoms with Gasteiger partial charge in [0, 0.05) is 6.42 Å². The Morgan fingerprint density at radius 2 is 2.10 bits per heavy atom. The lowest BCUT2D eigenvalue weighted by Crippen LogP contribution is -2.14. The van der Waals surface area contributed by atoms with Crippen molar-refractivity contribution in [1.82, 2.24) is 0 Å². The van der Waals surface area contributed by atoms with Gasteiger partial charge in [-0.25, -0.2) is 0 Å². The van der Waals surface area contributed by atoms with Gasteiger partial charge in [0.25, 0.3) is 0 Å². The van der Waals surface area contributed by atoms with Crippen molar-refractivity contribution in [3.63, 3.8) is 0 Å². The number of carboxylic acids is 1. The summed E-state index contributed by atoms with van der Waals surface area (Å²) in [5, 5.41) is 7.60. The molecule has 1 atom stereocenters. The molecule has 3 nitrogen and oxygen atoms in total. The highest BCUT2D eigenvalue weighted by Gasteiger charge is 2.11. The van der Waals surface area contributed by atoms with Crippen molar-refractivity contribution in [3.8, 4) is 0 Å². The van der Waals surface area contributed by atoms with Crippen LogP contribution in [0, 0.1) is 0 Å². The van der Waals surface area contributed by atoms with Gasteiger partial charge in [0.2, 0.25) is 0 Å². The number of carbonyl (C=O) groups is 2. The Bertz CT molecular complexity index is 144. The Kier molecular flexibility index (Phi) is 4.11. The van der Waals surface area contributed by atoms with Crippen LogP contribution < -0.4 is 0 Å². The summed E-state index contributed by atoms with van der Waals surface area (Å²) in [6.45, 7) is 1.43. The maximum Gasteiger partial charge on any atom is 0.316 e. The molecule has 0 aliphatic rings. The smallest absolute Gasteiger partial charge is 0.316 e. The molecule has 0 saturated carbocycles. The van der Waals surface area contributed by atoms with Gasteiger partial charge in [-0.2, -0.15) is 12.6 Å². The maximum absolute atomic E-state index is 10.3. The van der Waals surface area contributed by atoms with Crippen LogP contribution in [0.25, 0.3) is 0 Å². The predicted octanol–water partition coefficient (Wildman–Crippen LogP) is 0.739. The van der Waals surface area contributed by atoms with Crippen molar-refractivity contribution < 1.29 is 14.7 Å². The average Bonchev–Trinajstić information content (AvgIpc) is 1.82. The lowest BCUT2D eigenvalue weighted by molar-refractivity contribution is -0.136. The molecule has 0 spiro atoms. The van der Waals surface area contributed by atoms with E-state index >= 15 is 0 Å². The third kappa shape index (κ3) is 4.38. The first-order valence-electron chi connectivity index (χ1n) is 2.94. The Morgan fingerprint density at radius 1 is 1.60 bits per heavy atom. The number of carbonyl (C=O) groups excluding carboxylic acids is 1. The molecule has 0 aromatic heterocycles. The Hall–Kier alpha value is -0.510. The fourth-order valence-corrected chi connectivity index (χ4v) is 0.593. The van der Waals surface area contributed by atoms with Crippen molar-refractivity contribution in [2.24, 2.45) is 0 Å². The van der Waals surface area contributed by atoms with Crippen molar-refractivity contribution in [3.05, 3.63) is 0 Å². The quantitative estimate of drug-likeness (QED) is 0.599. The van der Waals surface area contributed by atoms with E-state index in [9.17, 15) is 9.59 Å². The van der Waals surface area contributed by atoms with E-state index in [4.69, 9.17) is 5.11 Å². The van der Waals surface area contributed by atoms with Crippen LogP contribution in [-0.4, -0.2) is 22.1 Å². The van der Waals surface area contributed by atoms with E-state index in [1.54, 1.807) is 0 Å². The van der Waals surface area contributed by atoms with Crippen molar-refractivity contribution >= 4 is 24.4 Å². The van der Waals surface area contributed by atoms with Crippen LogP contribution in [-0.2, 0) is 9.59 Å². The number of aliphatic carboxylic acids is 1. The van der Waals surface area contributed by atoms with Crippen molar-refractivity contribution in [2.45, 2.75) is 25.0 Å². The van der Waals surface area contributed by atoms with E-state index in [2.05, 4.69) is 12.6 Å². The zero-order chi connectivity index (χ0) is 8.15. The molecule has 0 radical (unpaired) electrons. The summed E-state index contributed by atoms with van der Waals surface area (Å²) in [7, 11) is 0. The van der Waals surface area contributed by atoms with Gasteiger partial charge in [-0.05, 0) is 13.3 Å². The molecule has 0 aromatic rings. The second-order valence-electron chi connectivity index (χ2n) is 2.09. The Labute approximate surface area is 64.8 Å². The van der Waals surface area contributed by atoms with E-state index in [0.717, 1.165) is 0 Å². The molecule has 0 aliphatic heterocycles. The number of hydrogen-bond donors (Lipinski definition) is 2. The summed E-state index contributed by atoms with van der Waals surface area (Å²) in [5.74, 6) is -0.968. The molecule has 58 valence electrons. The van der Waals surface area contributed by atoms with E-state index in [0.29, 0.717) is 12.8 Å². The van der Waals surface area contributed by atoms with Crippen LogP contribution in [0.2, 0.25) is 0 Å². The first-order chi connectivity index (χ1) is 4.54. The van der Waals surface area contributed by atoms with Crippen LogP contribution in [0.4, 0.5) is 0 Å². The fraction of sp³-hybridized carbons (Fsp3) is 0.667. The number of carboxylic acid groups (broad SMARTS) is 1. The molecule has 1 unspecified atom stereocenters. The second-order valence-corrected chi connectivity index (χ2v) is 2.72. The van der Waals surface area contributed by atoms with Gasteiger partial charge in [-0.1, -0.05) is 0 Å². The van der Waals surface area contributed by atoms with Crippen molar-refractivity contribution in [1.29, 1.82) is 0 Å². The predicted molar refractivity (Wildman–Crippen MR) is 40.3 cm³/mol. The van der Waals surface area contributed by atoms with Gasteiger partial charge < -0.3 is 9.90 Å². The van der Waals surface area contributed by atoms with Crippen molar-refractivity contribution in [2.75, 3.05) is 0 Å². The highest BCUT2D eigenvalue weighted by atomic mass is 32.1. The number of Topliss-reactive ketones (excluding diaryl/α,β-unsaturated/α-hetero) is 1. The normalized spacial score (nSPS) is 12.6. The summed E-state index contributed by atoms with van der Waals surface area (Å²) in [6.07, 6.45) is 0.605. The molecule has 10 heavy (non-hydrogen) atoms. The molecule has 0 fully saturated rings. The summed E-state index contributed by atoms with van der Waals surface area (Å²) >= 11 is 3.75. The molecule has 4 heteroatoms. The third-order valence-electron chi connectivity index (χ3n) is 1.05. The van der Waals surface area contributed by atoms with Gasteiger partial charge in [-0.3, -0.25) is 4.79 Å². The minimum absolute atomic E-state index is 0.000278. The molecule has 0 amide bonds. The molecule has 0 saturated heterocycles. The van der Waals surface area contributed by atoms with Crippen LogP contribution >= 0.6 is 12.6 Å². The summed E-state index contributed by atoms with van der Waals surface area (Å²) in [4.78, 5) is 20.5. The minimum Gasteiger partial charge on any atom is -0.480 e. The number of ketones is 1. The lowest BCUT2D eigenvalue weighted by Gasteiger charge is -2.00. The standard InChI is InChI=1S/C6H10O3S/c1-4(7)2-3-5(10)6(8)9/h5,10H,2-3H2,1H3,(H,8,9). The van der Waals surface area contributed by atoms with Crippen LogP contribution in [0.1, 0.15) is 19.8 Å². The first-order valence-corrected chi connectivity index (χ1v) is 3.46. The molecule has 0 rings (SSSR count). The molecule has 0 aliphatic carbocycles. The largest absolute Gasteiger partial charge is 0.480 e. The topological polar surface area (TPSA) is 54.4 Å². The lowest BCUT2D eigenvalue weighted by atomic mass is 10.2. The highest BCUT2D eigenvalue weighted by molar-refractivity contribution is 7.81. The number of thiol groups is 1. The second kappa shape index (κ2) is 4.33. The Morgan fingerprint density at radius 3 is 2.40 bits per heavy atom. The third-order valence-corrected chi connectivity index (χ3v) is 1.53. The SMILES string of the molecule is CC(=O)CCC(S)C(=O)O. The van der Waals surface area contributed by atoms with E-state index in [1.807, 2.05) is 0 Å². The van der Waals surface area contributed by atoms with Gasteiger partial charge in [0.05, 0.1) is 5.25 Å². The van der Waals surface area contributed by atoms with E-state index in [1.165, 1.54) is 6.92 Å². The Balaban J connectivity index is 3.49. The van der Waals surface area contributed by atoms with E-state index in [-0.39, 0.29) is 5.78 Å². The van der Waals surface area contributed by atoms with Gasteiger partial charge in [0.1, 0.15) is 5.78 Å². The van der Waals surface area contributed by atoms with Crippen LogP contribution in [0.3, 0.4) is 0 Å². The first kappa shape index (κ1) is 9.49. The number of hydrogen-bond acceptors (Lipinski definition) is 3. The average molecular weight is 162 g/mol. The molecule has 0 aromatic carbocycles. The molecule has 0 bridgehead atoms. The fourth-order valence-electron chi connectivity index (χ4n) is 0.463. The van der Waals surface area contributed by atoms with Gasteiger partial charge in [0.15, 0.2) is 0 Å². The molecular weight excluding hydrogens is 152 g/mol. The molecule has 0 heterocycles. The van der Waals surface area contributed by atoms with Gasteiger partial charge in [-0.15, -0.1) is 0 Å². The van der Waals surface area contributed by atoms with E-state index < -0.39 is 11.2 Å². The highest BCUT2D eigenvalue weighted by Crippen LogP contribution is 2.04. The maximum atomic E-state index is 10.3. The monoisotopic (exact) mass is 162 g/mol. The molecule has 1 N–H and O–H groups in total. The summed E-state index contributed by atoms with van der Waals surface area (Å²) in [5.41, 5.74) is 0. The van der Waals surface area contributed by atoms with Crippen LogP contribution in [0.5, 0.6) is 0 Å². The summed E-state index contributed by atoms with van der Waals surface area (Å²) < 4.78 is 0. The van der Waals surface area contributed by atoms with Gasteiger partial charge >= 0.3 is 5.97 Å². The summed E-state index contributed by atoms with van der Waals surface area (Å²) in [6, 6.07) is 0.